The normalized spacial score (nSPS) is 10.1. The molecule has 1 aromatic rings. The molecule has 94 valence electrons. The third kappa shape index (κ3) is 5.37. The molecular formula is C14H20BrNO. The molecule has 0 saturated heterocycles. The van der Waals surface area contributed by atoms with Crippen LogP contribution in [0.25, 0.3) is 0 Å². The summed E-state index contributed by atoms with van der Waals surface area (Å²) in [6.45, 7) is 8.67. The largest absolute Gasteiger partial charge is 0.489 e. The molecule has 0 aromatic heterocycles. The van der Waals surface area contributed by atoms with Gasteiger partial charge in [0, 0.05) is 16.6 Å². The molecule has 0 aliphatic rings. The summed E-state index contributed by atoms with van der Waals surface area (Å²) >= 11 is 3.48. The molecule has 1 rings (SSSR count). The van der Waals surface area contributed by atoms with Crippen LogP contribution < -0.4 is 10.1 Å². The molecule has 0 heterocycles. The number of ether oxygens (including phenoxy) is 1. The number of nitrogens with one attached hydrogen (secondary N) is 1. The van der Waals surface area contributed by atoms with E-state index in [0.717, 1.165) is 23.3 Å². The van der Waals surface area contributed by atoms with Crippen molar-refractivity contribution < 1.29 is 4.74 Å². The van der Waals surface area contributed by atoms with E-state index >= 15 is 0 Å². The van der Waals surface area contributed by atoms with Crippen molar-refractivity contribution in [2.24, 2.45) is 0 Å². The van der Waals surface area contributed by atoms with E-state index in [1.165, 1.54) is 11.1 Å². The van der Waals surface area contributed by atoms with Gasteiger partial charge in [-0.05, 0) is 44.7 Å². The summed E-state index contributed by atoms with van der Waals surface area (Å²) in [5.41, 5.74) is 2.46. The predicted molar refractivity (Wildman–Crippen MR) is 76.4 cm³/mol. The van der Waals surface area contributed by atoms with Crippen LogP contribution in [0.2, 0.25) is 0 Å². The lowest BCUT2D eigenvalue weighted by atomic mass is 10.2. The Labute approximate surface area is 112 Å². The highest BCUT2D eigenvalue weighted by Gasteiger charge is 2.03. The van der Waals surface area contributed by atoms with Gasteiger partial charge in [-0.1, -0.05) is 28.4 Å². The van der Waals surface area contributed by atoms with Gasteiger partial charge < -0.3 is 10.1 Å². The smallest absolute Gasteiger partial charge is 0.124 e. The molecule has 1 aromatic carbocycles. The molecule has 0 fully saturated rings. The second kappa shape index (κ2) is 7.51. The van der Waals surface area contributed by atoms with E-state index in [4.69, 9.17) is 4.74 Å². The van der Waals surface area contributed by atoms with Gasteiger partial charge in [0.25, 0.3) is 0 Å². The van der Waals surface area contributed by atoms with E-state index in [-0.39, 0.29) is 0 Å². The summed E-state index contributed by atoms with van der Waals surface area (Å²) in [5, 5.41) is 3.32. The fourth-order valence-electron chi connectivity index (χ4n) is 1.38. The third-order valence-electron chi connectivity index (χ3n) is 2.32. The standard InChI is InChI=1S/C14H20BrNO/c1-4-16-10-12-9-13(15)5-6-14(12)17-8-7-11(2)3/h5-7,9,16H,4,8,10H2,1-3H3. The lowest BCUT2D eigenvalue weighted by Crippen LogP contribution is -2.13. The van der Waals surface area contributed by atoms with Crippen molar-refractivity contribution in [2.45, 2.75) is 27.3 Å². The molecule has 0 aliphatic carbocycles. The average Bonchev–Trinajstić information content (AvgIpc) is 2.28. The van der Waals surface area contributed by atoms with Gasteiger partial charge in [-0.3, -0.25) is 0 Å². The Morgan fingerprint density at radius 3 is 2.82 bits per heavy atom. The van der Waals surface area contributed by atoms with Crippen molar-refractivity contribution in [1.29, 1.82) is 0 Å². The van der Waals surface area contributed by atoms with Crippen molar-refractivity contribution in [3.8, 4) is 5.75 Å². The molecular weight excluding hydrogens is 278 g/mol. The van der Waals surface area contributed by atoms with Crippen LogP contribution in [-0.4, -0.2) is 13.2 Å². The highest BCUT2D eigenvalue weighted by Crippen LogP contribution is 2.23. The van der Waals surface area contributed by atoms with E-state index in [1.807, 2.05) is 12.1 Å². The monoisotopic (exact) mass is 297 g/mol. The number of allylic oxidation sites excluding steroid dienone is 1. The quantitative estimate of drug-likeness (QED) is 0.804. The van der Waals surface area contributed by atoms with Gasteiger partial charge in [-0.2, -0.15) is 0 Å². The molecule has 0 amide bonds. The Balaban J connectivity index is 2.71. The van der Waals surface area contributed by atoms with Gasteiger partial charge in [0.1, 0.15) is 12.4 Å². The van der Waals surface area contributed by atoms with Gasteiger partial charge in [0.05, 0.1) is 0 Å². The van der Waals surface area contributed by atoms with Gasteiger partial charge in [0.15, 0.2) is 0 Å². The maximum absolute atomic E-state index is 5.76. The molecule has 0 aliphatic heterocycles. The highest BCUT2D eigenvalue weighted by molar-refractivity contribution is 9.10. The van der Waals surface area contributed by atoms with Crippen LogP contribution in [-0.2, 0) is 6.54 Å². The van der Waals surface area contributed by atoms with E-state index in [1.54, 1.807) is 0 Å². The van der Waals surface area contributed by atoms with Crippen LogP contribution in [0.3, 0.4) is 0 Å². The molecule has 1 N–H and O–H groups in total. The highest BCUT2D eigenvalue weighted by atomic mass is 79.9. The first-order chi connectivity index (χ1) is 8.13. The summed E-state index contributed by atoms with van der Waals surface area (Å²) in [7, 11) is 0. The fraction of sp³-hybridized carbons (Fsp3) is 0.429. The Morgan fingerprint density at radius 1 is 1.41 bits per heavy atom. The first kappa shape index (κ1) is 14.3. The number of rotatable bonds is 6. The average molecular weight is 298 g/mol. The van der Waals surface area contributed by atoms with Crippen molar-refractivity contribution in [1.82, 2.24) is 5.32 Å². The van der Waals surface area contributed by atoms with Crippen molar-refractivity contribution in [2.75, 3.05) is 13.2 Å². The number of benzene rings is 1. The van der Waals surface area contributed by atoms with Crippen LogP contribution in [0.4, 0.5) is 0 Å². The lowest BCUT2D eigenvalue weighted by molar-refractivity contribution is 0.356. The number of hydrogen-bond acceptors (Lipinski definition) is 2. The van der Waals surface area contributed by atoms with Gasteiger partial charge in [0.2, 0.25) is 0 Å². The zero-order chi connectivity index (χ0) is 12.7. The molecule has 0 unspecified atom stereocenters. The van der Waals surface area contributed by atoms with Crippen LogP contribution in [0, 0.1) is 0 Å². The zero-order valence-corrected chi connectivity index (χ0v) is 12.3. The van der Waals surface area contributed by atoms with Gasteiger partial charge in [-0.15, -0.1) is 0 Å². The van der Waals surface area contributed by atoms with E-state index in [9.17, 15) is 0 Å². The maximum atomic E-state index is 5.76. The number of hydrogen-bond donors (Lipinski definition) is 1. The molecule has 2 nitrogen and oxygen atoms in total. The summed E-state index contributed by atoms with van der Waals surface area (Å²) in [5.74, 6) is 0.951. The van der Waals surface area contributed by atoms with Crippen LogP contribution >= 0.6 is 15.9 Å². The fourth-order valence-corrected chi connectivity index (χ4v) is 1.79. The summed E-state index contributed by atoms with van der Waals surface area (Å²) in [6.07, 6.45) is 2.08. The SMILES string of the molecule is CCNCc1cc(Br)ccc1OCC=C(C)C. The van der Waals surface area contributed by atoms with Crippen LogP contribution in [0.5, 0.6) is 5.75 Å². The third-order valence-corrected chi connectivity index (χ3v) is 2.81. The zero-order valence-electron chi connectivity index (χ0n) is 10.7. The topological polar surface area (TPSA) is 21.3 Å². The molecule has 0 atom stereocenters. The first-order valence-electron chi connectivity index (χ1n) is 5.88. The van der Waals surface area contributed by atoms with Crippen molar-refractivity contribution >= 4 is 15.9 Å². The molecule has 0 bridgehead atoms. The van der Waals surface area contributed by atoms with Crippen LogP contribution in [0.1, 0.15) is 26.3 Å². The van der Waals surface area contributed by atoms with Crippen molar-refractivity contribution in [3.05, 3.63) is 39.9 Å². The summed E-state index contributed by atoms with van der Waals surface area (Å²) < 4.78 is 6.85. The Bertz CT molecular complexity index is 384. The van der Waals surface area contributed by atoms with Gasteiger partial charge in [-0.25, -0.2) is 0 Å². The Kier molecular flexibility index (Phi) is 6.30. The Hall–Kier alpha value is -0.800. The first-order valence-corrected chi connectivity index (χ1v) is 6.68. The summed E-state index contributed by atoms with van der Waals surface area (Å²) in [4.78, 5) is 0. The number of halogens is 1. The minimum absolute atomic E-state index is 0.628. The molecule has 17 heavy (non-hydrogen) atoms. The maximum Gasteiger partial charge on any atom is 0.124 e. The minimum atomic E-state index is 0.628. The minimum Gasteiger partial charge on any atom is -0.489 e. The second-order valence-electron chi connectivity index (χ2n) is 4.12. The van der Waals surface area contributed by atoms with E-state index < -0.39 is 0 Å². The van der Waals surface area contributed by atoms with Crippen molar-refractivity contribution in [3.63, 3.8) is 0 Å². The Morgan fingerprint density at radius 2 is 2.18 bits per heavy atom. The van der Waals surface area contributed by atoms with Gasteiger partial charge >= 0.3 is 0 Å². The van der Waals surface area contributed by atoms with E-state index in [2.05, 4.69) is 54.2 Å². The molecule has 0 radical (unpaired) electrons. The predicted octanol–water partition coefficient (Wildman–Crippen LogP) is 3.90. The second-order valence-corrected chi connectivity index (χ2v) is 5.04. The summed E-state index contributed by atoms with van der Waals surface area (Å²) in [6, 6.07) is 6.11. The molecule has 3 heteroatoms. The molecule has 0 spiro atoms. The van der Waals surface area contributed by atoms with Crippen LogP contribution in [0.15, 0.2) is 34.3 Å². The molecule has 0 saturated carbocycles. The van der Waals surface area contributed by atoms with E-state index in [0.29, 0.717) is 6.61 Å². The lowest BCUT2D eigenvalue weighted by Gasteiger charge is -2.11.